The Morgan fingerprint density at radius 3 is 1.28 bits per heavy atom. The molecule has 1 fully saturated rings. The largest absolute Gasteiger partial charge is 0.396 e. The van der Waals surface area contributed by atoms with Gasteiger partial charge in [0.2, 0.25) is 0 Å². The number of aliphatic hydroxyl groups excluding tert-OH is 3. The minimum atomic E-state index is -0.752. The van der Waals surface area contributed by atoms with Crippen molar-refractivity contribution in [1.82, 2.24) is 10.6 Å². The molecule has 0 aromatic heterocycles. The second-order valence-corrected chi connectivity index (χ2v) is 20.7. The van der Waals surface area contributed by atoms with Gasteiger partial charge in [0.05, 0.1) is 49.0 Å². The molecule has 72 heavy (non-hydrogen) atoms. The number of carbonyl (C=O) groups is 8. The molecule has 16 nitrogen and oxygen atoms in total. The number of nitrogens with two attached hydrogens (primary N) is 3. The van der Waals surface area contributed by atoms with Gasteiger partial charge in [0, 0.05) is 31.5 Å². The third-order valence-electron chi connectivity index (χ3n) is 11.9. The molecule has 0 aromatic carbocycles. The number of Topliss-reactive ketones (excluding diaryl/α,β-unsaturated/α-hetero) is 3. The molecule has 16 heteroatoms. The van der Waals surface area contributed by atoms with Gasteiger partial charge in [-0.25, -0.2) is 0 Å². The molecule has 0 heterocycles. The van der Waals surface area contributed by atoms with Crippen molar-refractivity contribution < 1.29 is 55.1 Å². The Morgan fingerprint density at radius 1 is 0.681 bits per heavy atom. The molecule has 1 rings (SSSR count). The fraction of sp³-hybridized carbons (Fsp3) is 0.786. The molecular formula is C56H111N5O11. The summed E-state index contributed by atoms with van der Waals surface area (Å²) in [4.78, 5) is 85.0. The van der Waals surface area contributed by atoms with Crippen molar-refractivity contribution in [1.29, 1.82) is 0 Å². The maximum absolute atomic E-state index is 12.8. The van der Waals surface area contributed by atoms with Gasteiger partial charge in [0.25, 0.3) is 0 Å². The van der Waals surface area contributed by atoms with Crippen molar-refractivity contribution >= 4 is 48.8 Å². The lowest BCUT2D eigenvalue weighted by molar-refractivity contribution is -0.139. The van der Waals surface area contributed by atoms with Crippen LogP contribution in [-0.2, 0) is 38.4 Å². The maximum Gasteiger partial charge on any atom is 0.142 e. The van der Waals surface area contributed by atoms with Crippen LogP contribution in [0.1, 0.15) is 158 Å². The molecule has 1 saturated carbocycles. The molecule has 0 spiro atoms. The minimum absolute atomic E-state index is 0. The van der Waals surface area contributed by atoms with Gasteiger partial charge in [0.1, 0.15) is 48.8 Å². The van der Waals surface area contributed by atoms with Gasteiger partial charge in [-0.3, -0.25) is 14.4 Å². The number of aliphatic hydroxyl groups is 3. The van der Waals surface area contributed by atoms with Crippen LogP contribution in [0.3, 0.4) is 0 Å². The first-order valence-electron chi connectivity index (χ1n) is 26.0. The number of carbonyl (C=O) groups excluding carboxylic acids is 8. The first-order chi connectivity index (χ1) is 33.4. The average molecular weight is 1030 g/mol. The van der Waals surface area contributed by atoms with E-state index in [-0.39, 0.29) is 85.2 Å². The van der Waals surface area contributed by atoms with Crippen molar-refractivity contribution in [2.45, 2.75) is 199 Å². The Hall–Kier alpha value is -3.48. The Kier molecular flexibility index (Phi) is 55.2. The summed E-state index contributed by atoms with van der Waals surface area (Å²) in [7, 11) is 3.61. The van der Waals surface area contributed by atoms with Crippen molar-refractivity contribution in [3.05, 3.63) is 24.3 Å². The fourth-order valence-corrected chi connectivity index (χ4v) is 6.94. The summed E-state index contributed by atoms with van der Waals surface area (Å²) in [5.41, 5.74) is 15.1. The molecule has 0 bridgehead atoms. The van der Waals surface area contributed by atoms with E-state index < -0.39 is 30.0 Å². The third kappa shape index (κ3) is 43.0. The highest BCUT2D eigenvalue weighted by Gasteiger charge is 2.39. The van der Waals surface area contributed by atoms with Gasteiger partial charge in [-0.15, -0.1) is 0 Å². The van der Waals surface area contributed by atoms with Crippen LogP contribution >= 0.6 is 0 Å². The van der Waals surface area contributed by atoms with E-state index >= 15 is 0 Å². The first-order valence-corrected chi connectivity index (χ1v) is 26.0. The van der Waals surface area contributed by atoms with Gasteiger partial charge in [0.15, 0.2) is 0 Å². The molecule has 0 amide bonds. The molecule has 0 aliphatic heterocycles. The van der Waals surface area contributed by atoms with E-state index in [0.29, 0.717) is 43.2 Å². The summed E-state index contributed by atoms with van der Waals surface area (Å²) in [6.45, 7) is 32.0. The summed E-state index contributed by atoms with van der Waals surface area (Å²) in [5.74, 6) is -0.0732. The summed E-state index contributed by atoms with van der Waals surface area (Å²) in [6.07, 6.45) is 15.8. The van der Waals surface area contributed by atoms with Crippen LogP contribution in [-0.4, -0.2) is 127 Å². The number of nitrogens with one attached hydrogen (secondary N) is 2. The predicted octanol–water partition coefficient (Wildman–Crippen LogP) is 6.31. The topological polar surface area (TPSA) is 299 Å². The van der Waals surface area contributed by atoms with E-state index in [1.165, 1.54) is 6.92 Å². The number of aldehydes is 5. The predicted molar refractivity (Wildman–Crippen MR) is 297 cm³/mol. The van der Waals surface area contributed by atoms with Crippen LogP contribution in [0.4, 0.5) is 0 Å². The lowest BCUT2D eigenvalue weighted by atomic mass is 9.73. The Balaban J connectivity index is -0.000000149. The van der Waals surface area contributed by atoms with E-state index in [1.54, 1.807) is 34.9 Å². The number of allylic oxidation sites excluding steroid dienone is 4. The van der Waals surface area contributed by atoms with Crippen LogP contribution in [0.25, 0.3) is 0 Å². The molecule has 1 aliphatic rings. The quantitative estimate of drug-likeness (QED) is 0.0348. The molecule has 426 valence electrons. The van der Waals surface area contributed by atoms with Crippen LogP contribution in [0.2, 0.25) is 0 Å². The number of ketones is 3. The summed E-state index contributed by atoms with van der Waals surface area (Å²) in [6, 6.07) is -0.778. The minimum Gasteiger partial charge on any atom is -0.396 e. The molecule has 11 N–H and O–H groups in total. The molecule has 0 saturated heterocycles. The highest BCUT2D eigenvalue weighted by Crippen LogP contribution is 2.34. The van der Waals surface area contributed by atoms with Gasteiger partial charge in [-0.05, 0) is 122 Å². The molecule has 2 unspecified atom stereocenters. The number of hydrogen-bond donors (Lipinski definition) is 8. The maximum atomic E-state index is 12.8. The summed E-state index contributed by atoms with van der Waals surface area (Å²) < 4.78 is 0. The number of hydrogen-bond acceptors (Lipinski definition) is 16. The van der Waals surface area contributed by atoms with Crippen molar-refractivity contribution in [2.24, 2.45) is 82.3 Å². The van der Waals surface area contributed by atoms with Crippen molar-refractivity contribution in [3.8, 4) is 0 Å². The Labute approximate surface area is 439 Å². The molecule has 1 aliphatic carbocycles. The van der Waals surface area contributed by atoms with Gasteiger partial charge >= 0.3 is 0 Å². The molecule has 0 radical (unpaired) electrons. The molecular weight excluding hydrogens is 919 g/mol. The van der Waals surface area contributed by atoms with Crippen LogP contribution in [0.15, 0.2) is 24.3 Å². The second kappa shape index (κ2) is 49.7. The van der Waals surface area contributed by atoms with E-state index in [9.17, 15) is 53.7 Å². The lowest BCUT2D eigenvalue weighted by Gasteiger charge is -2.32. The normalized spacial score (nSPS) is 19.0. The second-order valence-electron chi connectivity index (χ2n) is 20.7. The number of rotatable bonds is 26. The third-order valence-corrected chi connectivity index (χ3v) is 11.9. The smallest absolute Gasteiger partial charge is 0.142 e. The van der Waals surface area contributed by atoms with Crippen molar-refractivity contribution in [3.63, 3.8) is 0 Å². The molecule has 14 atom stereocenters. The molecule has 0 aromatic rings. The summed E-state index contributed by atoms with van der Waals surface area (Å²) >= 11 is 0. The highest BCUT2D eigenvalue weighted by atomic mass is 16.3. The van der Waals surface area contributed by atoms with E-state index in [1.807, 2.05) is 73.6 Å². The zero-order valence-electron chi connectivity index (χ0n) is 48.4. The van der Waals surface area contributed by atoms with Crippen molar-refractivity contribution in [2.75, 3.05) is 20.7 Å². The first kappa shape index (κ1) is 79.9. The standard InChI is InChI=1S/C18H32O4.C13H22O2.2C7H15NO.C5H11NO.2C3H7NO.H2/c1-7-8-9-12(4)17(21)16(11(2)3)18(22)13(5)15(10-19)14(6)20;1-4-5-6-10(3)13(15)12-9(2)7-8-11(12)14;2*1-6(2)4-7(5-9)8-3;1-4(2)5(6)3-7;2*1-3(4)2-5;/h7-8,11-13,15-17,19,21H,9-10H2,1-6H3;4-5,9-10,12-13,15H,6-8H2,1-3H3;2*5-8H,4H2,1-3H3;3-5H,6H2,1-2H3;2*2-3H,4H2,1H3;1H/b8-7+;5-4+;;;;;;/t12-,13?,15+,16+,17-;9?,10-,12-,13-;2*7-;5-;2*3-;/m1100011./s1/i;;;;;;;1+1. The van der Waals surface area contributed by atoms with E-state index in [0.717, 1.165) is 44.5 Å². The summed E-state index contributed by atoms with van der Waals surface area (Å²) in [5, 5.41) is 35.9. The van der Waals surface area contributed by atoms with E-state index in [2.05, 4.69) is 51.3 Å². The van der Waals surface area contributed by atoms with Gasteiger partial charge in [-0.1, -0.05) is 107 Å². The number of likely N-dealkylation sites (N-methyl/N-ethyl adjacent to an activating group) is 2. The Bertz CT molecular complexity index is 1430. The van der Waals surface area contributed by atoms with Gasteiger partial charge < -0.3 is 67.1 Å². The zero-order valence-corrected chi connectivity index (χ0v) is 48.4. The average Bonchev–Trinajstić information content (AvgIpc) is 3.67. The monoisotopic (exact) mass is 1030 g/mol. The van der Waals surface area contributed by atoms with Crippen LogP contribution < -0.4 is 27.8 Å². The zero-order chi connectivity index (χ0) is 57.9. The fourth-order valence-electron chi connectivity index (χ4n) is 6.94. The van der Waals surface area contributed by atoms with E-state index in [4.69, 9.17) is 17.2 Å². The van der Waals surface area contributed by atoms with Crippen LogP contribution in [0, 0.1) is 65.1 Å². The van der Waals surface area contributed by atoms with Crippen LogP contribution in [0.5, 0.6) is 0 Å². The lowest BCUT2D eigenvalue weighted by Crippen LogP contribution is -2.42. The SMILES string of the molecule is C/C=C/C[C@@H](C)[C@@H](O)[C@@H](C(=O)C(C)[C@H](CO)C(C)=O)C(C)C.C/C=C/C[C@@H](C)[C@@H](O)[C@H]1C(=O)CCC1C.CC(C)[C@@H](N)C=O.CN[C@H](C=O)CC(C)C.CN[C@H](C=O)CC(C)C.C[C@@H](N)C=O.C[C@@H](N)C=O.[2HH]. The Morgan fingerprint density at radius 2 is 1.07 bits per heavy atom. The van der Waals surface area contributed by atoms with Gasteiger partial charge in [-0.2, -0.15) is 0 Å². The highest BCUT2D eigenvalue weighted by molar-refractivity contribution is 5.90.